The molecule has 184 valence electrons. The first-order valence-electron chi connectivity index (χ1n) is 13.4. The van der Waals surface area contributed by atoms with Crippen LogP contribution in [0.15, 0.2) is 140 Å². The average molecular weight is 499 g/mol. The van der Waals surface area contributed by atoms with Gasteiger partial charge in [0.25, 0.3) is 0 Å². The Bertz CT molecular complexity index is 2140. The maximum atomic E-state index is 2.38. The SMILES string of the molecule is Cn1c2ccccc2c2cc(-c3cccc(-c4cccc(-n5c6ccccc6c6ccccc65)c4)c3)ccc21. The van der Waals surface area contributed by atoms with Crippen molar-refractivity contribution in [2.24, 2.45) is 7.05 Å². The minimum atomic E-state index is 1.17. The second-order valence-electron chi connectivity index (χ2n) is 10.3. The van der Waals surface area contributed by atoms with E-state index < -0.39 is 0 Å². The van der Waals surface area contributed by atoms with Crippen LogP contribution >= 0.6 is 0 Å². The lowest BCUT2D eigenvalue weighted by Gasteiger charge is -2.11. The fourth-order valence-electron chi connectivity index (χ4n) is 6.25. The Balaban J connectivity index is 1.26. The molecule has 2 nitrogen and oxygen atoms in total. The van der Waals surface area contributed by atoms with Gasteiger partial charge in [0.05, 0.1) is 11.0 Å². The number of fused-ring (bicyclic) bond motifs is 6. The van der Waals surface area contributed by atoms with Crippen molar-refractivity contribution in [3.8, 4) is 27.9 Å². The summed E-state index contributed by atoms with van der Waals surface area (Å²) < 4.78 is 4.66. The molecular formula is C37H26N2. The number of rotatable bonds is 3. The standard InChI is InChI=1S/C37H26N2/c1-38-34-17-5-2-16-32(34)33-24-28(20-21-35(33)38)26-11-8-10-25(22-26)27-12-9-13-29(23-27)39-36-18-6-3-14-30(36)31-15-4-7-19-37(31)39/h2-24H,1H3. The lowest BCUT2D eigenvalue weighted by atomic mass is 9.97. The molecule has 2 heterocycles. The molecule has 2 aromatic heterocycles. The fraction of sp³-hybridized carbons (Fsp3) is 0.0270. The van der Waals surface area contributed by atoms with Crippen LogP contribution in [0.4, 0.5) is 0 Å². The smallest absolute Gasteiger partial charge is 0.0541 e. The summed E-state index contributed by atoms with van der Waals surface area (Å²) in [5, 5.41) is 5.16. The molecule has 8 aromatic rings. The minimum absolute atomic E-state index is 1.17. The molecule has 6 aromatic carbocycles. The first kappa shape index (κ1) is 22.0. The Labute approximate surface area is 227 Å². The highest BCUT2D eigenvalue weighted by molar-refractivity contribution is 6.10. The lowest BCUT2D eigenvalue weighted by Crippen LogP contribution is -1.94. The summed E-state index contributed by atoms with van der Waals surface area (Å²) >= 11 is 0. The summed E-state index contributed by atoms with van der Waals surface area (Å²) in [4.78, 5) is 0. The van der Waals surface area contributed by atoms with Crippen LogP contribution in [0.3, 0.4) is 0 Å². The zero-order valence-electron chi connectivity index (χ0n) is 21.7. The van der Waals surface area contributed by atoms with Crippen LogP contribution in [0.25, 0.3) is 71.6 Å². The molecule has 8 rings (SSSR count). The van der Waals surface area contributed by atoms with E-state index in [4.69, 9.17) is 0 Å². The molecule has 0 aliphatic heterocycles. The van der Waals surface area contributed by atoms with Gasteiger partial charge in [-0.2, -0.15) is 0 Å². The van der Waals surface area contributed by atoms with Crippen molar-refractivity contribution >= 4 is 43.6 Å². The molecule has 0 fully saturated rings. The zero-order valence-corrected chi connectivity index (χ0v) is 21.7. The van der Waals surface area contributed by atoms with Crippen LogP contribution in [0, 0.1) is 0 Å². The highest BCUT2D eigenvalue weighted by Gasteiger charge is 2.13. The molecule has 0 radical (unpaired) electrons. The first-order valence-corrected chi connectivity index (χ1v) is 13.4. The van der Waals surface area contributed by atoms with Gasteiger partial charge in [-0.05, 0) is 70.8 Å². The third-order valence-electron chi connectivity index (χ3n) is 8.13. The molecule has 0 amide bonds. The van der Waals surface area contributed by atoms with E-state index in [9.17, 15) is 0 Å². The van der Waals surface area contributed by atoms with Gasteiger partial charge in [-0.3, -0.25) is 0 Å². The van der Waals surface area contributed by atoms with Gasteiger partial charge < -0.3 is 9.13 Å². The molecule has 2 heteroatoms. The molecule has 0 atom stereocenters. The van der Waals surface area contributed by atoms with E-state index >= 15 is 0 Å². The van der Waals surface area contributed by atoms with E-state index in [1.807, 2.05) is 0 Å². The summed E-state index contributed by atoms with van der Waals surface area (Å²) in [5.41, 5.74) is 11.0. The van der Waals surface area contributed by atoms with Crippen LogP contribution in [0.2, 0.25) is 0 Å². The third kappa shape index (κ3) is 3.35. The number of nitrogens with zero attached hydrogens (tertiary/aromatic N) is 2. The number of benzene rings is 6. The van der Waals surface area contributed by atoms with E-state index in [1.165, 1.54) is 71.6 Å². The summed E-state index contributed by atoms with van der Waals surface area (Å²) in [6.07, 6.45) is 0. The normalized spacial score (nSPS) is 11.7. The van der Waals surface area contributed by atoms with E-state index in [0.29, 0.717) is 0 Å². The number of para-hydroxylation sites is 3. The van der Waals surface area contributed by atoms with Gasteiger partial charge in [0, 0.05) is 45.3 Å². The van der Waals surface area contributed by atoms with Gasteiger partial charge in [0.2, 0.25) is 0 Å². The minimum Gasteiger partial charge on any atom is -0.344 e. The van der Waals surface area contributed by atoms with Crippen molar-refractivity contribution in [3.63, 3.8) is 0 Å². The quantitative estimate of drug-likeness (QED) is 0.229. The summed E-state index contributed by atoms with van der Waals surface area (Å²) in [5.74, 6) is 0. The van der Waals surface area contributed by atoms with Gasteiger partial charge in [0.15, 0.2) is 0 Å². The van der Waals surface area contributed by atoms with Crippen molar-refractivity contribution in [1.82, 2.24) is 9.13 Å². The number of aromatic nitrogens is 2. The predicted octanol–water partition coefficient (Wildman–Crippen LogP) is 9.76. The van der Waals surface area contributed by atoms with Gasteiger partial charge in [-0.15, -0.1) is 0 Å². The summed E-state index contributed by atoms with van der Waals surface area (Å²) in [6, 6.07) is 50.7. The molecule has 0 spiro atoms. The molecule has 0 aliphatic rings. The second-order valence-corrected chi connectivity index (χ2v) is 10.3. The maximum Gasteiger partial charge on any atom is 0.0541 e. The summed E-state index contributed by atoms with van der Waals surface area (Å²) in [6.45, 7) is 0. The topological polar surface area (TPSA) is 9.86 Å². The number of hydrogen-bond acceptors (Lipinski definition) is 0. The summed E-state index contributed by atoms with van der Waals surface area (Å²) in [7, 11) is 2.15. The van der Waals surface area contributed by atoms with E-state index in [1.54, 1.807) is 0 Å². The molecule has 0 saturated carbocycles. The van der Waals surface area contributed by atoms with Crippen LogP contribution in [0.5, 0.6) is 0 Å². The highest BCUT2D eigenvalue weighted by atomic mass is 15.0. The van der Waals surface area contributed by atoms with Crippen molar-refractivity contribution in [2.45, 2.75) is 0 Å². The lowest BCUT2D eigenvalue weighted by molar-refractivity contribution is 1.01. The Kier molecular flexibility index (Phi) is 4.77. The molecule has 0 bridgehead atoms. The number of hydrogen-bond donors (Lipinski definition) is 0. The predicted molar refractivity (Wildman–Crippen MR) is 166 cm³/mol. The third-order valence-corrected chi connectivity index (χ3v) is 8.13. The van der Waals surface area contributed by atoms with Crippen molar-refractivity contribution < 1.29 is 0 Å². The molecule has 39 heavy (non-hydrogen) atoms. The number of aryl methyl sites for hydroxylation is 1. The highest BCUT2D eigenvalue weighted by Crippen LogP contribution is 2.35. The van der Waals surface area contributed by atoms with Gasteiger partial charge in [-0.1, -0.05) is 91.0 Å². The average Bonchev–Trinajstić information content (AvgIpc) is 3.49. The largest absolute Gasteiger partial charge is 0.344 e. The Morgan fingerprint density at radius 2 is 0.846 bits per heavy atom. The van der Waals surface area contributed by atoms with Crippen molar-refractivity contribution in [1.29, 1.82) is 0 Å². The van der Waals surface area contributed by atoms with E-state index in [-0.39, 0.29) is 0 Å². The van der Waals surface area contributed by atoms with Gasteiger partial charge in [-0.25, -0.2) is 0 Å². The van der Waals surface area contributed by atoms with Gasteiger partial charge >= 0.3 is 0 Å². The van der Waals surface area contributed by atoms with Crippen molar-refractivity contribution in [3.05, 3.63) is 140 Å². The Hall–Kier alpha value is -5.08. The molecule has 0 N–H and O–H groups in total. The first-order chi connectivity index (χ1) is 19.3. The van der Waals surface area contributed by atoms with Crippen LogP contribution in [-0.2, 0) is 7.05 Å². The molecule has 0 unspecified atom stereocenters. The van der Waals surface area contributed by atoms with Crippen LogP contribution in [0.1, 0.15) is 0 Å². The molecule has 0 saturated heterocycles. The fourth-order valence-corrected chi connectivity index (χ4v) is 6.25. The maximum absolute atomic E-state index is 2.38. The Morgan fingerprint density at radius 1 is 0.359 bits per heavy atom. The Morgan fingerprint density at radius 3 is 1.51 bits per heavy atom. The van der Waals surface area contributed by atoms with Gasteiger partial charge in [0.1, 0.15) is 0 Å². The van der Waals surface area contributed by atoms with E-state index in [2.05, 4.69) is 156 Å². The van der Waals surface area contributed by atoms with Crippen LogP contribution in [-0.4, -0.2) is 9.13 Å². The zero-order chi connectivity index (χ0) is 25.9. The second kappa shape index (κ2) is 8.47. The van der Waals surface area contributed by atoms with Crippen molar-refractivity contribution in [2.75, 3.05) is 0 Å². The monoisotopic (exact) mass is 498 g/mol. The van der Waals surface area contributed by atoms with Crippen LogP contribution < -0.4 is 0 Å². The van der Waals surface area contributed by atoms with E-state index in [0.717, 1.165) is 0 Å². The molecular weight excluding hydrogens is 472 g/mol. The molecule has 0 aliphatic carbocycles.